The summed E-state index contributed by atoms with van der Waals surface area (Å²) in [6.07, 6.45) is 2.81. The number of hydrogen-bond acceptors (Lipinski definition) is 5. The van der Waals surface area contributed by atoms with E-state index >= 15 is 0 Å². The van der Waals surface area contributed by atoms with E-state index in [0.717, 1.165) is 47.7 Å². The van der Waals surface area contributed by atoms with Crippen molar-refractivity contribution in [2.75, 3.05) is 20.1 Å². The number of thiazole rings is 2. The van der Waals surface area contributed by atoms with Gasteiger partial charge in [0.25, 0.3) is 0 Å². The molecule has 2 rings (SSSR count). The fourth-order valence-corrected chi connectivity index (χ4v) is 3.42. The monoisotopic (exact) mass is 337 g/mol. The molecule has 2 aromatic heterocycles. The van der Waals surface area contributed by atoms with Crippen LogP contribution in [0.1, 0.15) is 27.5 Å². The highest BCUT2D eigenvalue weighted by atomic mass is 32.1. The first kappa shape index (κ1) is 16.9. The van der Waals surface area contributed by atoms with Gasteiger partial charge in [0, 0.05) is 43.0 Å². The van der Waals surface area contributed by atoms with E-state index in [1.165, 1.54) is 4.88 Å². The normalized spacial score (nSPS) is 11.7. The standard InChI is InChI=1S/C15H23N5S2/c1-5-16-15(17-7-6-14-18-8-11(2)22-14)20(4)9-13-10-21-12(3)19-13/h8,10H,5-7,9H2,1-4H3,(H,16,17). The molecule has 22 heavy (non-hydrogen) atoms. The molecule has 0 radical (unpaired) electrons. The van der Waals surface area contributed by atoms with Crippen molar-refractivity contribution in [3.63, 3.8) is 0 Å². The van der Waals surface area contributed by atoms with Gasteiger partial charge in [0.15, 0.2) is 5.96 Å². The van der Waals surface area contributed by atoms with Gasteiger partial charge in [-0.2, -0.15) is 0 Å². The highest BCUT2D eigenvalue weighted by Gasteiger charge is 2.08. The van der Waals surface area contributed by atoms with Gasteiger partial charge < -0.3 is 10.2 Å². The summed E-state index contributed by atoms with van der Waals surface area (Å²) in [5.74, 6) is 0.918. The Kier molecular flexibility index (Phi) is 6.33. The fourth-order valence-electron chi connectivity index (χ4n) is 2.04. The molecule has 7 heteroatoms. The van der Waals surface area contributed by atoms with Gasteiger partial charge in [0.05, 0.1) is 22.3 Å². The minimum Gasteiger partial charge on any atom is -0.357 e. The maximum absolute atomic E-state index is 4.69. The van der Waals surface area contributed by atoms with Crippen LogP contribution in [0.4, 0.5) is 0 Å². The Morgan fingerprint density at radius 1 is 1.41 bits per heavy atom. The van der Waals surface area contributed by atoms with Gasteiger partial charge in [0.2, 0.25) is 0 Å². The Bertz CT molecular complexity index is 617. The SMILES string of the molecule is CCNC(=NCCc1ncc(C)s1)N(C)Cc1csc(C)n1. The van der Waals surface area contributed by atoms with Crippen LogP contribution in [0.5, 0.6) is 0 Å². The van der Waals surface area contributed by atoms with E-state index in [-0.39, 0.29) is 0 Å². The molecule has 0 fully saturated rings. The molecule has 0 spiro atoms. The van der Waals surface area contributed by atoms with Gasteiger partial charge in [-0.25, -0.2) is 9.97 Å². The van der Waals surface area contributed by atoms with E-state index < -0.39 is 0 Å². The molecule has 5 nitrogen and oxygen atoms in total. The van der Waals surface area contributed by atoms with Crippen LogP contribution in [0.15, 0.2) is 16.6 Å². The Labute approximate surface area is 140 Å². The zero-order chi connectivity index (χ0) is 15.9. The summed E-state index contributed by atoms with van der Waals surface area (Å²) in [5, 5.41) is 7.69. The number of aryl methyl sites for hydroxylation is 2. The van der Waals surface area contributed by atoms with Crippen LogP contribution in [0.3, 0.4) is 0 Å². The molecular formula is C15H23N5S2. The van der Waals surface area contributed by atoms with Crippen molar-refractivity contribution in [2.24, 2.45) is 4.99 Å². The van der Waals surface area contributed by atoms with Crippen molar-refractivity contribution < 1.29 is 0 Å². The van der Waals surface area contributed by atoms with Crippen molar-refractivity contribution in [1.82, 2.24) is 20.2 Å². The highest BCUT2D eigenvalue weighted by molar-refractivity contribution is 7.11. The fraction of sp³-hybridized carbons (Fsp3) is 0.533. The molecule has 0 aliphatic carbocycles. The molecule has 0 saturated heterocycles. The van der Waals surface area contributed by atoms with Crippen LogP contribution in [0.25, 0.3) is 0 Å². The third-order valence-corrected chi connectivity index (χ3v) is 4.81. The van der Waals surface area contributed by atoms with Crippen molar-refractivity contribution in [3.05, 3.63) is 32.2 Å². The summed E-state index contributed by atoms with van der Waals surface area (Å²) in [6, 6.07) is 0. The third kappa shape index (κ3) is 5.06. The molecule has 120 valence electrons. The van der Waals surface area contributed by atoms with E-state index in [9.17, 15) is 0 Å². The lowest BCUT2D eigenvalue weighted by Crippen LogP contribution is -2.38. The summed E-state index contributed by atoms with van der Waals surface area (Å²) in [4.78, 5) is 17.0. The van der Waals surface area contributed by atoms with E-state index in [2.05, 4.69) is 39.4 Å². The number of nitrogens with zero attached hydrogens (tertiary/aromatic N) is 4. The van der Waals surface area contributed by atoms with Gasteiger partial charge in [-0.15, -0.1) is 22.7 Å². The van der Waals surface area contributed by atoms with Gasteiger partial charge in [-0.1, -0.05) is 0 Å². The minimum atomic E-state index is 0.746. The van der Waals surface area contributed by atoms with E-state index in [0.29, 0.717) is 0 Å². The highest BCUT2D eigenvalue weighted by Crippen LogP contribution is 2.12. The summed E-state index contributed by atoms with van der Waals surface area (Å²) >= 11 is 3.43. The van der Waals surface area contributed by atoms with Gasteiger partial charge in [0.1, 0.15) is 0 Å². The topological polar surface area (TPSA) is 53.4 Å². The van der Waals surface area contributed by atoms with Crippen LogP contribution in [0.2, 0.25) is 0 Å². The lowest BCUT2D eigenvalue weighted by molar-refractivity contribution is 0.471. The molecule has 0 bridgehead atoms. The maximum Gasteiger partial charge on any atom is 0.194 e. The number of aliphatic imine (C=N–C) groups is 1. The van der Waals surface area contributed by atoms with Gasteiger partial charge in [-0.3, -0.25) is 4.99 Å². The zero-order valence-corrected chi connectivity index (χ0v) is 15.2. The van der Waals surface area contributed by atoms with Crippen LogP contribution >= 0.6 is 22.7 Å². The summed E-state index contributed by atoms with van der Waals surface area (Å²) < 4.78 is 0. The summed E-state index contributed by atoms with van der Waals surface area (Å²) in [7, 11) is 2.05. The number of aromatic nitrogens is 2. The third-order valence-electron chi connectivity index (χ3n) is 3.02. The van der Waals surface area contributed by atoms with Gasteiger partial charge in [-0.05, 0) is 20.8 Å². The first-order valence-corrected chi connectivity index (χ1v) is 9.10. The molecule has 0 aromatic carbocycles. The van der Waals surface area contributed by atoms with Crippen molar-refractivity contribution in [2.45, 2.75) is 33.7 Å². The second-order valence-corrected chi connectivity index (χ2v) is 7.45. The summed E-state index contributed by atoms with van der Waals surface area (Å²) in [5.41, 5.74) is 1.09. The molecule has 0 aliphatic rings. The molecule has 1 N–H and O–H groups in total. The Morgan fingerprint density at radius 3 is 2.82 bits per heavy atom. The Hall–Kier alpha value is -1.47. The van der Waals surface area contributed by atoms with Gasteiger partial charge >= 0.3 is 0 Å². The smallest absolute Gasteiger partial charge is 0.194 e. The molecule has 0 amide bonds. The van der Waals surface area contributed by atoms with E-state index in [1.54, 1.807) is 22.7 Å². The average Bonchev–Trinajstić information content (AvgIpc) is 3.06. The lowest BCUT2D eigenvalue weighted by Gasteiger charge is -2.21. The van der Waals surface area contributed by atoms with Crippen LogP contribution < -0.4 is 5.32 Å². The Morgan fingerprint density at radius 2 is 2.23 bits per heavy atom. The van der Waals surface area contributed by atoms with Crippen LogP contribution in [-0.4, -0.2) is 41.0 Å². The minimum absolute atomic E-state index is 0.746. The largest absolute Gasteiger partial charge is 0.357 e. The predicted octanol–water partition coefficient (Wildman–Crippen LogP) is 2.86. The maximum atomic E-state index is 4.69. The van der Waals surface area contributed by atoms with Crippen LogP contribution in [0, 0.1) is 13.8 Å². The van der Waals surface area contributed by atoms with Crippen molar-refractivity contribution >= 4 is 28.6 Å². The van der Waals surface area contributed by atoms with Crippen LogP contribution in [-0.2, 0) is 13.0 Å². The summed E-state index contributed by atoms with van der Waals surface area (Å²) in [6.45, 7) is 8.57. The first-order valence-electron chi connectivity index (χ1n) is 7.40. The molecule has 0 saturated carbocycles. The van der Waals surface area contributed by atoms with E-state index in [1.807, 2.05) is 20.2 Å². The average molecular weight is 338 g/mol. The van der Waals surface area contributed by atoms with E-state index in [4.69, 9.17) is 4.99 Å². The molecule has 0 aliphatic heterocycles. The molecule has 0 unspecified atom stereocenters. The number of hydrogen-bond donors (Lipinski definition) is 1. The second kappa shape index (κ2) is 8.24. The number of guanidine groups is 1. The van der Waals surface area contributed by atoms with Crippen molar-refractivity contribution in [1.29, 1.82) is 0 Å². The number of rotatable bonds is 6. The zero-order valence-electron chi connectivity index (χ0n) is 13.6. The number of nitrogens with one attached hydrogen (secondary N) is 1. The Balaban J connectivity index is 1.93. The second-order valence-electron chi connectivity index (χ2n) is 5.06. The molecule has 2 aromatic rings. The molecular weight excluding hydrogens is 314 g/mol. The van der Waals surface area contributed by atoms with Crippen molar-refractivity contribution in [3.8, 4) is 0 Å². The predicted molar refractivity (Wildman–Crippen MR) is 94.9 cm³/mol. The molecule has 2 heterocycles. The lowest BCUT2D eigenvalue weighted by atomic mass is 10.4. The molecule has 0 atom stereocenters. The first-order chi connectivity index (χ1) is 10.6. The quantitative estimate of drug-likeness (QED) is 0.650.